The lowest BCUT2D eigenvalue weighted by Gasteiger charge is -2.12. The third-order valence-corrected chi connectivity index (χ3v) is 3.43. The molecule has 0 radical (unpaired) electrons. The Morgan fingerprint density at radius 3 is 2.94 bits per heavy atom. The van der Waals surface area contributed by atoms with Crippen LogP contribution in [0, 0.1) is 6.92 Å². The van der Waals surface area contributed by atoms with Crippen molar-refractivity contribution in [2.75, 3.05) is 0 Å². The number of furan rings is 1. The van der Waals surface area contributed by atoms with E-state index in [1.54, 1.807) is 17.6 Å². The quantitative estimate of drug-likeness (QED) is 0.859. The van der Waals surface area contributed by atoms with Crippen LogP contribution in [0.2, 0.25) is 0 Å². The number of hydrogen-bond acceptors (Lipinski definition) is 3. The summed E-state index contributed by atoms with van der Waals surface area (Å²) in [5.74, 6) is 1.04. The molecule has 3 heteroatoms. The first-order valence-corrected chi connectivity index (χ1v) is 6.47. The Morgan fingerprint density at radius 2 is 2.31 bits per heavy atom. The number of hydrogen-bond donors (Lipinski definition) is 1. The molecule has 0 amide bonds. The van der Waals surface area contributed by atoms with E-state index in [0.717, 1.165) is 18.7 Å². The van der Waals surface area contributed by atoms with Gasteiger partial charge in [0.05, 0.1) is 12.8 Å². The van der Waals surface area contributed by atoms with Gasteiger partial charge in [-0.05, 0) is 54.3 Å². The molecule has 0 aliphatic heterocycles. The summed E-state index contributed by atoms with van der Waals surface area (Å²) in [4.78, 5) is 0. The molecule has 2 aromatic rings. The third-order valence-electron chi connectivity index (χ3n) is 2.70. The minimum atomic E-state index is 0.471. The van der Waals surface area contributed by atoms with Gasteiger partial charge in [0.2, 0.25) is 0 Å². The summed E-state index contributed by atoms with van der Waals surface area (Å²) < 4.78 is 5.39. The zero-order valence-electron chi connectivity index (χ0n) is 9.69. The van der Waals surface area contributed by atoms with Gasteiger partial charge in [-0.2, -0.15) is 11.3 Å². The van der Waals surface area contributed by atoms with Gasteiger partial charge < -0.3 is 9.73 Å². The van der Waals surface area contributed by atoms with Gasteiger partial charge in [0.15, 0.2) is 0 Å². The molecule has 1 atom stereocenters. The van der Waals surface area contributed by atoms with Crippen LogP contribution < -0.4 is 5.32 Å². The zero-order valence-corrected chi connectivity index (χ0v) is 10.5. The molecule has 0 spiro atoms. The summed E-state index contributed by atoms with van der Waals surface area (Å²) in [5, 5.41) is 7.80. The molecular formula is C13H17NOS. The summed E-state index contributed by atoms with van der Waals surface area (Å²) in [6.07, 6.45) is 2.82. The second-order valence-corrected chi connectivity index (χ2v) is 4.92. The van der Waals surface area contributed by atoms with Crippen LogP contribution in [0.15, 0.2) is 33.6 Å². The summed E-state index contributed by atoms with van der Waals surface area (Å²) in [5.41, 5.74) is 2.62. The highest BCUT2D eigenvalue weighted by Gasteiger charge is 2.06. The van der Waals surface area contributed by atoms with Crippen molar-refractivity contribution in [3.8, 4) is 0 Å². The average Bonchev–Trinajstić information content (AvgIpc) is 2.87. The highest BCUT2D eigenvalue weighted by atomic mass is 32.1. The molecule has 0 saturated heterocycles. The van der Waals surface area contributed by atoms with Crippen LogP contribution in [0.1, 0.15) is 23.8 Å². The van der Waals surface area contributed by atoms with Crippen LogP contribution in [-0.4, -0.2) is 6.04 Å². The van der Waals surface area contributed by atoms with E-state index < -0.39 is 0 Å². The Labute approximate surface area is 100 Å². The summed E-state index contributed by atoms with van der Waals surface area (Å²) in [6.45, 7) is 5.09. The van der Waals surface area contributed by atoms with Crippen molar-refractivity contribution in [1.82, 2.24) is 5.32 Å². The van der Waals surface area contributed by atoms with Crippen molar-refractivity contribution < 1.29 is 4.42 Å². The molecule has 0 saturated carbocycles. The molecule has 16 heavy (non-hydrogen) atoms. The summed E-state index contributed by atoms with van der Waals surface area (Å²) in [6, 6.07) is 4.65. The third kappa shape index (κ3) is 2.97. The van der Waals surface area contributed by atoms with E-state index in [1.165, 1.54) is 11.1 Å². The van der Waals surface area contributed by atoms with Gasteiger partial charge in [-0.15, -0.1) is 0 Å². The highest BCUT2D eigenvalue weighted by molar-refractivity contribution is 7.07. The predicted molar refractivity (Wildman–Crippen MR) is 67.8 cm³/mol. The first kappa shape index (κ1) is 11.4. The lowest BCUT2D eigenvalue weighted by Crippen LogP contribution is -2.27. The van der Waals surface area contributed by atoms with Gasteiger partial charge in [0.1, 0.15) is 5.76 Å². The number of nitrogens with one attached hydrogen (secondary N) is 1. The molecule has 0 aliphatic rings. The van der Waals surface area contributed by atoms with Crippen molar-refractivity contribution in [3.05, 3.63) is 46.0 Å². The maximum atomic E-state index is 5.39. The first-order valence-electron chi connectivity index (χ1n) is 5.53. The highest BCUT2D eigenvalue weighted by Crippen LogP contribution is 2.11. The van der Waals surface area contributed by atoms with Crippen LogP contribution in [0.25, 0.3) is 0 Å². The summed E-state index contributed by atoms with van der Waals surface area (Å²) in [7, 11) is 0. The minimum absolute atomic E-state index is 0.471. The van der Waals surface area contributed by atoms with Crippen LogP contribution in [-0.2, 0) is 13.0 Å². The Kier molecular flexibility index (Phi) is 3.80. The fourth-order valence-electron chi connectivity index (χ4n) is 1.69. The molecule has 0 aromatic carbocycles. The minimum Gasteiger partial charge on any atom is -0.468 e. The SMILES string of the molecule is Cc1ccoc1CNC(C)Cc1ccsc1. The van der Waals surface area contributed by atoms with E-state index >= 15 is 0 Å². The average molecular weight is 235 g/mol. The molecule has 0 fully saturated rings. The van der Waals surface area contributed by atoms with Crippen LogP contribution in [0.4, 0.5) is 0 Å². The molecule has 2 nitrogen and oxygen atoms in total. The van der Waals surface area contributed by atoms with Crippen LogP contribution in [0.5, 0.6) is 0 Å². The molecule has 2 heterocycles. The standard InChI is InChI=1S/C13H17NOS/c1-10-3-5-15-13(10)8-14-11(2)7-12-4-6-16-9-12/h3-6,9,11,14H,7-8H2,1-2H3. The fourth-order valence-corrected chi connectivity index (χ4v) is 2.37. The predicted octanol–water partition coefficient (Wildman–Crippen LogP) is 3.37. The van der Waals surface area contributed by atoms with E-state index in [-0.39, 0.29) is 0 Å². The Hall–Kier alpha value is -1.06. The van der Waals surface area contributed by atoms with Gasteiger partial charge in [-0.1, -0.05) is 0 Å². The van der Waals surface area contributed by atoms with Gasteiger partial charge >= 0.3 is 0 Å². The fraction of sp³-hybridized carbons (Fsp3) is 0.385. The first-order chi connectivity index (χ1) is 7.75. The molecular weight excluding hydrogens is 218 g/mol. The normalized spacial score (nSPS) is 12.9. The molecule has 1 N–H and O–H groups in total. The monoisotopic (exact) mass is 235 g/mol. The van der Waals surface area contributed by atoms with Gasteiger partial charge in [-0.25, -0.2) is 0 Å². The Bertz CT molecular complexity index is 419. The van der Waals surface area contributed by atoms with E-state index in [9.17, 15) is 0 Å². The van der Waals surface area contributed by atoms with Crippen molar-refractivity contribution in [1.29, 1.82) is 0 Å². The van der Waals surface area contributed by atoms with Gasteiger partial charge in [-0.3, -0.25) is 0 Å². The lowest BCUT2D eigenvalue weighted by atomic mass is 10.1. The molecule has 0 bridgehead atoms. The van der Waals surface area contributed by atoms with Gasteiger partial charge in [0.25, 0.3) is 0 Å². The second-order valence-electron chi connectivity index (χ2n) is 4.14. The second kappa shape index (κ2) is 5.32. The van der Waals surface area contributed by atoms with E-state index in [1.807, 2.05) is 6.07 Å². The number of rotatable bonds is 5. The Balaban J connectivity index is 1.80. The van der Waals surface area contributed by atoms with E-state index in [4.69, 9.17) is 4.42 Å². The molecule has 1 unspecified atom stereocenters. The van der Waals surface area contributed by atoms with Crippen LogP contribution in [0.3, 0.4) is 0 Å². The van der Waals surface area contributed by atoms with Crippen LogP contribution >= 0.6 is 11.3 Å². The van der Waals surface area contributed by atoms with E-state index in [2.05, 4.69) is 36.0 Å². The zero-order chi connectivity index (χ0) is 11.4. The van der Waals surface area contributed by atoms with Crippen molar-refractivity contribution >= 4 is 11.3 Å². The van der Waals surface area contributed by atoms with Crippen molar-refractivity contribution in [2.45, 2.75) is 32.9 Å². The van der Waals surface area contributed by atoms with Crippen molar-refractivity contribution in [2.24, 2.45) is 0 Å². The van der Waals surface area contributed by atoms with Crippen molar-refractivity contribution in [3.63, 3.8) is 0 Å². The molecule has 86 valence electrons. The number of aryl methyl sites for hydroxylation is 1. The Morgan fingerprint density at radius 1 is 1.44 bits per heavy atom. The maximum absolute atomic E-state index is 5.39. The molecule has 2 aromatic heterocycles. The molecule has 0 aliphatic carbocycles. The lowest BCUT2D eigenvalue weighted by molar-refractivity contribution is 0.451. The smallest absolute Gasteiger partial charge is 0.120 e. The number of thiophene rings is 1. The van der Waals surface area contributed by atoms with E-state index in [0.29, 0.717) is 6.04 Å². The molecule has 2 rings (SSSR count). The topological polar surface area (TPSA) is 25.2 Å². The largest absolute Gasteiger partial charge is 0.468 e. The summed E-state index contributed by atoms with van der Waals surface area (Å²) >= 11 is 1.75. The van der Waals surface area contributed by atoms with Gasteiger partial charge in [0, 0.05) is 6.04 Å². The maximum Gasteiger partial charge on any atom is 0.120 e.